The monoisotopic (exact) mass is 461 g/mol. The van der Waals surface area contributed by atoms with Crippen LogP contribution >= 0.6 is 0 Å². The third-order valence-corrected chi connectivity index (χ3v) is 5.72. The second-order valence-corrected chi connectivity index (χ2v) is 9.88. The van der Waals surface area contributed by atoms with Crippen LogP contribution in [0.4, 0.5) is 0 Å². The van der Waals surface area contributed by atoms with E-state index in [9.17, 15) is 4.79 Å². The smallest absolute Gasteiger partial charge is 0.225 e. The minimum atomic E-state index is -0.464. The van der Waals surface area contributed by atoms with Crippen molar-refractivity contribution in [1.29, 1.82) is 0 Å². The molecule has 0 atom stereocenters. The molecule has 3 aromatic rings. The number of hydrogen-bond acceptors (Lipinski definition) is 3. The molecule has 3 aromatic carbocycles. The number of carbonyl (C=O) groups is 1. The van der Waals surface area contributed by atoms with E-state index in [0.717, 1.165) is 12.2 Å². The minimum Gasteiger partial charge on any atom is -0.489 e. The Labute approximate surface area is 205 Å². The summed E-state index contributed by atoms with van der Waals surface area (Å²) in [6.07, 6.45) is 0.751. The number of nitrogens with one attached hydrogen (secondary N) is 1. The average Bonchev–Trinajstić information content (AvgIpc) is 2.83. The molecule has 0 aliphatic rings. The molecule has 0 heterocycles. The largest absolute Gasteiger partial charge is 0.489 e. The van der Waals surface area contributed by atoms with Gasteiger partial charge in [-0.2, -0.15) is 0 Å². The van der Waals surface area contributed by atoms with Crippen LogP contribution in [0.5, 0.6) is 5.75 Å². The SMILES string of the molecule is CC(C)(CC(C)(C)c1ccccc1)C(=O)NCCO.Cc1ccc(OCc2ccccc2)cc1. The molecule has 0 radical (unpaired) electrons. The molecule has 2 N–H and O–H groups in total. The Morgan fingerprint density at radius 2 is 1.41 bits per heavy atom. The first-order valence-electron chi connectivity index (χ1n) is 11.8. The molecule has 182 valence electrons. The zero-order valence-corrected chi connectivity index (χ0v) is 21.2. The maximum atomic E-state index is 12.1. The molecule has 34 heavy (non-hydrogen) atoms. The Kier molecular flexibility index (Phi) is 10.3. The van der Waals surface area contributed by atoms with Crippen LogP contribution in [0.15, 0.2) is 84.9 Å². The van der Waals surface area contributed by atoms with Crippen LogP contribution in [0.1, 0.15) is 50.8 Å². The normalized spacial score (nSPS) is 11.2. The van der Waals surface area contributed by atoms with E-state index in [4.69, 9.17) is 9.84 Å². The van der Waals surface area contributed by atoms with E-state index >= 15 is 0 Å². The topological polar surface area (TPSA) is 58.6 Å². The molecule has 0 aliphatic heterocycles. The fourth-order valence-electron chi connectivity index (χ4n) is 3.96. The molecule has 0 spiro atoms. The molecule has 0 fully saturated rings. The van der Waals surface area contributed by atoms with Crippen molar-refractivity contribution in [1.82, 2.24) is 5.32 Å². The van der Waals surface area contributed by atoms with Crippen LogP contribution in [0, 0.1) is 12.3 Å². The van der Waals surface area contributed by atoms with Crippen LogP contribution in [0.3, 0.4) is 0 Å². The summed E-state index contributed by atoms with van der Waals surface area (Å²) in [5, 5.41) is 11.5. The molecule has 0 unspecified atom stereocenters. The van der Waals surface area contributed by atoms with E-state index in [1.54, 1.807) is 0 Å². The summed E-state index contributed by atoms with van der Waals surface area (Å²) in [6.45, 7) is 11.2. The highest BCUT2D eigenvalue weighted by molar-refractivity contribution is 5.81. The van der Waals surface area contributed by atoms with Gasteiger partial charge in [-0.05, 0) is 42.0 Å². The quantitative estimate of drug-likeness (QED) is 0.407. The van der Waals surface area contributed by atoms with Crippen molar-refractivity contribution in [2.45, 2.75) is 53.1 Å². The lowest BCUT2D eigenvalue weighted by atomic mass is 9.71. The van der Waals surface area contributed by atoms with Crippen molar-refractivity contribution < 1.29 is 14.6 Å². The molecular formula is C30H39NO3. The number of aliphatic hydroxyl groups is 1. The minimum absolute atomic E-state index is 0.00874. The van der Waals surface area contributed by atoms with Crippen LogP contribution < -0.4 is 10.1 Å². The Morgan fingerprint density at radius 3 is 1.97 bits per heavy atom. The highest BCUT2D eigenvalue weighted by atomic mass is 16.5. The number of carbonyl (C=O) groups excluding carboxylic acids is 1. The molecular weight excluding hydrogens is 422 g/mol. The number of aliphatic hydroxyl groups excluding tert-OH is 1. The summed E-state index contributed by atoms with van der Waals surface area (Å²) in [6, 6.07) is 28.5. The average molecular weight is 462 g/mol. The summed E-state index contributed by atoms with van der Waals surface area (Å²) in [5.74, 6) is 0.912. The highest BCUT2D eigenvalue weighted by Gasteiger charge is 2.35. The molecule has 1 amide bonds. The van der Waals surface area contributed by atoms with Crippen molar-refractivity contribution in [2.75, 3.05) is 13.2 Å². The molecule has 4 nitrogen and oxygen atoms in total. The molecule has 4 heteroatoms. The van der Waals surface area contributed by atoms with Gasteiger partial charge in [-0.15, -0.1) is 0 Å². The second kappa shape index (κ2) is 13.0. The van der Waals surface area contributed by atoms with Crippen LogP contribution in [0.2, 0.25) is 0 Å². The van der Waals surface area contributed by atoms with Gasteiger partial charge in [0.25, 0.3) is 0 Å². The lowest BCUT2D eigenvalue weighted by Gasteiger charge is -2.34. The van der Waals surface area contributed by atoms with E-state index < -0.39 is 5.41 Å². The van der Waals surface area contributed by atoms with Gasteiger partial charge in [-0.25, -0.2) is 0 Å². The van der Waals surface area contributed by atoms with Crippen LogP contribution in [-0.2, 0) is 16.8 Å². The third kappa shape index (κ3) is 9.03. The lowest BCUT2D eigenvalue weighted by molar-refractivity contribution is -0.130. The Balaban J connectivity index is 0.000000246. The van der Waals surface area contributed by atoms with Crippen molar-refractivity contribution >= 4 is 5.91 Å². The van der Waals surface area contributed by atoms with Gasteiger partial charge < -0.3 is 15.2 Å². The first-order chi connectivity index (χ1) is 16.1. The van der Waals surface area contributed by atoms with Gasteiger partial charge >= 0.3 is 0 Å². The first-order valence-corrected chi connectivity index (χ1v) is 11.8. The fourth-order valence-corrected chi connectivity index (χ4v) is 3.96. The fraction of sp³-hybridized carbons (Fsp3) is 0.367. The third-order valence-electron chi connectivity index (χ3n) is 5.72. The zero-order valence-electron chi connectivity index (χ0n) is 21.2. The van der Waals surface area contributed by atoms with Gasteiger partial charge in [-0.1, -0.05) is 106 Å². The Hall–Kier alpha value is -3.11. The van der Waals surface area contributed by atoms with Crippen molar-refractivity contribution in [3.8, 4) is 5.75 Å². The predicted molar refractivity (Wildman–Crippen MR) is 140 cm³/mol. The molecule has 3 rings (SSSR count). The van der Waals surface area contributed by atoms with E-state index in [-0.39, 0.29) is 17.9 Å². The Bertz CT molecular complexity index is 981. The molecule has 0 aliphatic carbocycles. The molecule has 0 aromatic heterocycles. The van der Waals surface area contributed by atoms with Crippen molar-refractivity contribution in [3.63, 3.8) is 0 Å². The van der Waals surface area contributed by atoms with Gasteiger partial charge in [0.15, 0.2) is 0 Å². The molecule has 0 saturated carbocycles. The number of amides is 1. The summed E-state index contributed by atoms with van der Waals surface area (Å²) < 4.78 is 5.65. The number of ether oxygens (including phenoxy) is 1. The summed E-state index contributed by atoms with van der Waals surface area (Å²) in [5.41, 5.74) is 3.15. The number of aryl methyl sites for hydroxylation is 1. The lowest BCUT2D eigenvalue weighted by Crippen LogP contribution is -2.41. The summed E-state index contributed by atoms with van der Waals surface area (Å²) in [4.78, 5) is 12.1. The van der Waals surface area contributed by atoms with Crippen LogP contribution in [-0.4, -0.2) is 24.2 Å². The van der Waals surface area contributed by atoms with Gasteiger partial charge in [0.1, 0.15) is 12.4 Å². The standard InChI is InChI=1S/C16H25NO2.C14H14O/c1-15(2,13-8-6-5-7-9-13)12-16(3,4)14(19)17-10-11-18;1-12-7-9-14(10-8-12)15-11-13-5-3-2-4-6-13/h5-9,18H,10-12H2,1-4H3,(H,17,19);2-10H,11H2,1H3. The first kappa shape index (κ1) is 27.1. The van der Waals surface area contributed by atoms with Gasteiger partial charge in [-0.3, -0.25) is 4.79 Å². The maximum absolute atomic E-state index is 12.1. The number of hydrogen-bond donors (Lipinski definition) is 2. The molecule has 0 saturated heterocycles. The van der Waals surface area contributed by atoms with Gasteiger partial charge in [0.05, 0.1) is 6.61 Å². The van der Waals surface area contributed by atoms with E-state index in [1.807, 2.05) is 62.4 Å². The van der Waals surface area contributed by atoms with Gasteiger partial charge in [0.2, 0.25) is 5.91 Å². The number of rotatable bonds is 9. The number of benzene rings is 3. The Morgan fingerprint density at radius 1 is 0.853 bits per heavy atom. The maximum Gasteiger partial charge on any atom is 0.225 e. The zero-order chi connectivity index (χ0) is 25.0. The second-order valence-electron chi connectivity index (χ2n) is 9.88. The highest BCUT2D eigenvalue weighted by Crippen LogP contribution is 2.36. The van der Waals surface area contributed by atoms with Gasteiger partial charge in [0, 0.05) is 12.0 Å². The van der Waals surface area contributed by atoms with Crippen molar-refractivity contribution in [2.24, 2.45) is 5.41 Å². The molecule has 0 bridgehead atoms. The van der Waals surface area contributed by atoms with Crippen molar-refractivity contribution in [3.05, 3.63) is 102 Å². The summed E-state index contributed by atoms with van der Waals surface area (Å²) >= 11 is 0. The van der Waals surface area contributed by atoms with Crippen LogP contribution in [0.25, 0.3) is 0 Å². The summed E-state index contributed by atoms with van der Waals surface area (Å²) in [7, 11) is 0. The van der Waals surface area contributed by atoms with E-state index in [0.29, 0.717) is 13.2 Å². The van der Waals surface area contributed by atoms with E-state index in [2.05, 4.69) is 62.5 Å². The van der Waals surface area contributed by atoms with E-state index in [1.165, 1.54) is 16.7 Å². The predicted octanol–water partition coefficient (Wildman–Crippen LogP) is 6.06.